The molecule has 3 nitrogen and oxygen atoms in total. The second-order valence-electron chi connectivity index (χ2n) is 3.16. The molecular weight excluding hydrogens is 275 g/mol. The smallest absolute Gasteiger partial charge is 0.387 e. The average Bonchev–Trinajstić information content (AvgIpc) is 2.18. The molecule has 0 aliphatic carbocycles. The number of carbonyl (C=O) groups is 1. The first kappa shape index (κ1) is 14.0. The summed E-state index contributed by atoms with van der Waals surface area (Å²) in [4.78, 5) is 10.8. The van der Waals surface area contributed by atoms with Crippen molar-refractivity contribution in [3.8, 4) is 5.75 Å². The van der Waals surface area contributed by atoms with Crippen molar-refractivity contribution in [2.75, 3.05) is 0 Å². The lowest BCUT2D eigenvalue weighted by atomic mass is 10.2. The molecule has 0 aliphatic heterocycles. The first-order chi connectivity index (χ1) is 7.90. The summed E-state index contributed by atoms with van der Waals surface area (Å²) in [5, 5.41) is 2.69. The minimum Gasteiger partial charge on any atom is -0.433 e. The predicted molar refractivity (Wildman–Crippen MR) is 60.6 cm³/mol. The summed E-state index contributed by atoms with van der Waals surface area (Å²) in [5.41, 5.74) is 0.290. The van der Waals surface area contributed by atoms with Crippen molar-refractivity contribution in [3.05, 3.63) is 27.7 Å². The van der Waals surface area contributed by atoms with Gasteiger partial charge in [0.15, 0.2) is 0 Å². The lowest BCUT2D eigenvalue weighted by Gasteiger charge is -2.13. The fourth-order valence-corrected chi connectivity index (χ4v) is 1.77. The lowest BCUT2D eigenvalue weighted by molar-refractivity contribution is -0.119. The molecule has 0 radical (unpaired) electrons. The zero-order valence-electron chi connectivity index (χ0n) is 8.77. The van der Waals surface area contributed by atoms with Gasteiger partial charge >= 0.3 is 6.61 Å². The molecule has 0 bridgehead atoms. The lowest BCUT2D eigenvalue weighted by Crippen LogP contribution is -2.20. The van der Waals surface area contributed by atoms with Crippen molar-refractivity contribution in [3.63, 3.8) is 0 Å². The van der Waals surface area contributed by atoms with Crippen LogP contribution < -0.4 is 10.1 Å². The summed E-state index contributed by atoms with van der Waals surface area (Å²) in [7, 11) is 0. The van der Waals surface area contributed by atoms with Crippen LogP contribution in [0.4, 0.5) is 8.78 Å². The van der Waals surface area contributed by atoms with Crippen LogP contribution in [0.1, 0.15) is 12.5 Å². The van der Waals surface area contributed by atoms with E-state index in [-0.39, 0.29) is 33.8 Å². The number of hydrogen-bond donors (Lipinski definition) is 1. The zero-order chi connectivity index (χ0) is 13.0. The highest BCUT2D eigenvalue weighted by atomic mass is 35.5. The fraction of sp³-hybridized carbons (Fsp3) is 0.300. The van der Waals surface area contributed by atoms with Crippen molar-refractivity contribution in [2.45, 2.75) is 20.1 Å². The Morgan fingerprint density at radius 3 is 2.65 bits per heavy atom. The number of ether oxygens (including phenoxy) is 1. The summed E-state index contributed by atoms with van der Waals surface area (Å²) >= 11 is 11.5. The monoisotopic (exact) mass is 283 g/mol. The van der Waals surface area contributed by atoms with Crippen LogP contribution in [0.2, 0.25) is 10.0 Å². The standard InChI is InChI=1S/C10H9Cl2F2NO2/c1-5(16)15-4-6-2-7(11)3-8(12)9(6)17-10(13)14/h2-3,10H,4H2,1H3,(H,15,16). The molecule has 1 amide bonds. The van der Waals surface area contributed by atoms with Gasteiger partial charge in [-0.25, -0.2) is 0 Å². The number of nitrogens with one attached hydrogen (secondary N) is 1. The van der Waals surface area contributed by atoms with Gasteiger partial charge in [-0.1, -0.05) is 23.2 Å². The first-order valence-electron chi connectivity index (χ1n) is 4.57. The largest absolute Gasteiger partial charge is 0.433 e. The Labute approximate surface area is 107 Å². The van der Waals surface area contributed by atoms with E-state index in [0.29, 0.717) is 0 Å². The maximum atomic E-state index is 12.2. The molecule has 17 heavy (non-hydrogen) atoms. The molecule has 0 aliphatic rings. The molecule has 0 fully saturated rings. The van der Waals surface area contributed by atoms with E-state index in [9.17, 15) is 13.6 Å². The summed E-state index contributed by atoms with van der Waals surface area (Å²) in [6, 6.07) is 2.69. The Bertz CT molecular complexity index is 427. The van der Waals surface area contributed by atoms with Gasteiger partial charge in [0.2, 0.25) is 5.91 Å². The van der Waals surface area contributed by atoms with Crippen LogP contribution in [0.15, 0.2) is 12.1 Å². The number of rotatable bonds is 4. The SMILES string of the molecule is CC(=O)NCc1cc(Cl)cc(Cl)c1OC(F)F. The molecule has 1 aromatic carbocycles. The van der Waals surface area contributed by atoms with Crippen molar-refractivity contribution in [1.82, 2.24) is 5.32 Å². The molecule has 1 N–H and O–H groups in total. The van der Waals surface area contributed by atoms with Gasteiger partial charge in [-0.15, -0.1) is 0 Å². The second-order valence-corrected chi connectivity index (χ2v) is 4.01. The number of benzene rings is 1. The van der Waals surface area contributed by atoms with Crippen LogP contribution in [0.3, 0.4) is 0 Å². The van der Waals surface area contributed by atoms with Gasteiger partial charge in [-0.3, -0.25) is 4.79 Å². The van der Waals surface area contributed by atoms with Gasteiger partial charge in [0.05, 0.1) is 5.02 Å². The molecule has 0 saturated carbocycles. The van der Waals surface area contributed by atoms with Crippen LogP contribution in [-0.2, 0) is 11.3 Å². The minimum atomic E-state index is -3.00. The maximum absolute atomic E-state index is 12.2. The topological polar surface area (TPSA) is 38.3 Å². The van der Waals surface area contributed by atoms with Gasteiger partial charge in [0, 0.05) is 24.1 Å². The Hall–Kier alpha value is -1.07. The summed E-state index contributed by atoms with van der Waals surface area (Å²) in [5.74, 6) is -0.482. The summed E-state index contributed by atoms with van der Waals surface area (Å²) in [6.45, 7) is -1.68. The normalized spacial score (nSPS) is 10.5. The van der Waals surface area contributed by atoms with Crippen LogP contribution in [0, 0.1) is 0 Å². The van der Waals surface area contributed by atoms with Crippen molar-refractivity contribution >= 4 is 29.1 Å². The highest BCUT2D eigenvalue weighted by molar-refractivity contribution is 6.35. The van der Waals surface area contributed by atoms with Crippen LogP contribution in [0.5, 0.6) is 5.75 Å². The van der Waals surface area contributed by atoms with Crippen LogP contribution >= 0.6 is 23.2 Å². The molecule has 0 atom stereocenters. The summed E-state index contributed by atoms with van der Waals surface area (Å²) < 4.78 is 28.6. The van der Waals surface area contributed by atoms with E-state index in [1.54, 1.807) is 0 Å². The van der Waals surface area contributed by atoms with E-state index in [4.69, 9.17) is 23.2 Å². The molecule has 1 rings (SSSR count). The third-order valence-electron chi connectivity index (χ3n) is 1.82. The third kappa shape index (κ3) is 4.36. The molecular formula is C10H9Cl2F2NO2. The van der Waals surface area contributed by atoms with Gasteiger partial charge in [0.25, 0.3) is 0 Å². The molecule has 1 aromatic rings. The number of amides is 1. The number of hydrogen-bond acceptors (Lipinski definition) is 2. The minimum absolute atomic E-state index is 0.0116. The molecule has 0 spiro atoms. The predicted octanol–water partition coefficient (Wildman–Crippen LogP) is 3.23. The summed E-state index contributed by atoms with van der Waals surface area (Å²) in [6.07, 6.45) is 0. The number of halogens is 4. The average molecular weight is 284 g/mol. The highest BCUT2D eigenvalue weighted by Gasteiger charge is 2.15. The maximum Gasteiger partial charge on any atom is 0.387 e. The van der Waals surface area contributed by atoms with Crippen molar-refractivity contribution < 1.29 is 18.3 Å². The Morgan fingerprint density at radius 2 is 2.12 bits per heavy atom. The van der Waals surface area contributed by atoms with Crippen LogP contribution in [0.25, 0.3) is 0 Å². The number of alkyl halides is 2. The molecule has 0 unspecified atom stereocenters. The molecule has 0 aromatic heterocycles. The molecule has 0 saturated heterocycles. The third-order valence-corrected chi connectivity index (χ3v) is 2.32. The van der Waals surface area contributed by atoms with Gasteiger partial charge in [-0.2, -0.15) is 8.78 Å². The number of carbonyl (C=O) groups excluding carboxylic acids is 1. The van der Waals surface area contributed by atoms with Crippen molar-refractivity contribution in [1.29, 1.82) is 0 Å². The Balaban J connectivity index is 3.02. The van der Waals surface area contributed by atoms with Gasteiger partial charge in [-0.05, 0) is 12.1 Å². The first-order valence-corrected chi connectivity index (χ1v) is 5.33. The van der Waals surface area contributed by atoms with Gasteiger partial charge in [0.1, 0.15) is 5.75 Å². The Kier molecular flexibility index (Phi) is 4.96. The van der Waals surface area contributed by atoms with E-state index in [1.807, 2.05) is 0 Å². The Morgan fingerprint density at radius 1 is 1.47 bits per heavy atom. The van der Waals surface area contributed by atoms with E-state index >= 15 is 0 Å². The van der Waals surface area contributed by atoms with E-state index < -0.39 is 6.61 Å². The van der Waals surface area contributed by atoms with Crippen molar-refractivity contribution in [2.24, 2.45) is 0 Å². The molecule has 7 heteroatoms. The zero-order valence-corrected chi connectivity index (χ0v) is 10.3. The van der Waals surface area contributed by atoms with Gasteiger partial charge < -0.3 is 10.1 Å². The fourth-order valence-electron chi connectivity index (χ4n) is 1.19. The van der Waals surface area contributed by atoms with Crippen LogP contribution in [-0.4, -0.2) is 12.5 Å². The highest BCUT2D eigenvalue weighted by Crippen LogP contribution is 2.33. The quantitative estimate of drug-likeness (QED) is 0.921. The second kappa shape index (κ2) is 6.02. The molecule has 94 valence electrons. The van der Waals surface area contributed by atoms with E-state index in [1.165, 1.54) is 19.1 Å². The van der Waals surface area contributed by atoms with E-state index in [2.05, 4.69) is 10.1 Å². The van der Waals surface area contributed by atoms with E-state index in [0.717, 1.165) is 0 Å². The molecule has 0 heterocycles.